The zero-order chi connectivity index (χ0) is 17.9. The summed E-state index contributed by atoms with van der Waals surface area (Å²) in [5.41, 5.74) is 1.12. The second kappa shape index (κ2) is 13.0. The lowest BCUT2D eigenvalue weighted by Crippen LogP contribution is -2.48. The number of rotatable bonds is 8. The number of hydrogen-bond acceptors (Lipinski definition) is 3. The average molecular weight is 472 g/mol. The molecule has 0 aliphatic carbocycles. The fourth-order valence-corrected chi connectivity index (χ4v) is 3.12. The van der Waals surface area contributed by atoms with E-state index in [1.54, 1.807) is 6.08 Å². The van der Waals surface area contributed by atoms with Gasteiger partial charge in [0.2, 0.25) is 0 Å². The maximum absolute atomic E-state index is 5.71. The van der Waals surface area contributed by atoms with E-state index in [-0.39, 0.29) is 24.0 Å². The Morgan fingerprint density at radius 3 is 2.73 bits per heavy atom. The van der Waals surface area contributed by atoms with E-state index in [4.69, 9.17) is 4.74 Å². The van der Waals surface area contributed by atoms with Crippen LogP contribution in [-0.4, -0.2) is 50.2 Å². The Bertz CT molecular complexity index is 556. The number of nitrogens with zero attached hydrogens (tertiary/aromatic N) is 2. The molecule has 0 spiro atoms. The van der Waals surface area contributed by atoms with E-state index >= 15 is 0 Å². The first-order valence-electron chi connectivity index (χ1n) is 9.28. The molecule has 146 valence electrons. The smallest absolute Gasteiger partial charge is 0.191 e. The highest BCUT2D eigenvalue weighted by molar-refractivity contribution is 14.0. The van der Waals surface area contributed by atoms with Crippen molar-refractivity contribution in [2.75, 3.05) is 33.3 Å². The van der Waals surface area contributed by atoms with Crippen LogP contribution in [0.2, 0.25) is 0 Å². The fourth-order valence-electron chi connectivity index (χ4n) is 3.12. The molecule has 1 aliphatic heterocycles. The van der Waals surface area contributed by atoms with Gasteiger partial charge in [0.25, 0.3) is 0 Å². The molecule has 1 fully saturated rings. The van der Waals surface area contributed by atoms with E-state index in [1.165, 1.54) is 38.9 Å². The molecule has 1 saturated heterocycles. The van der Waals surface area contributed by atoms with Crippen LogP contribution >= 0.6 is 24.0 Å². The SMILES string of the molecule is C=CCOc1ccccc1CNC(=NC)NC1CCN(CCC)CC1.I. The van der Waals surface area contributed by atoms with Crippen molar-refractivity contribution >= 4 is 29.9 Å². The molecule has 0 atom stereocenters. The van der Waals surface area contributed by atoms with Gasteiger partial charge < -0.3 is 20.3 Å². The third-order valence-electron chi connectivity index (χ3n) is 4.47. The molecule has 1 aromatic carbocycles. The van der Waals surface area contributed by atoms with Gasteiger partial charge in [0.15, 0.2) is 5.96 Å². The van der Waals surface area contributed by atoms with Crippen LogP contribution in [0.3, 0.4) is 0 Å². The van der Waals surface area contributed by atoms with Crippen LogP contribution in [0.4, 0.5) is 0 Å². The number of ether oxygens (including phenoxy) is 1. The van der Waals surface area contributed by atoms with Gasteiger partial charge in [-0.05, 0) is 31.9 Å². The van der Waals surface area contributed by atoms with Crippen molar-refractivity contribution in [2.45, 2.75) is 38.8 Å². The van der Waals surface area contributed by atoms with Crippen LogP contribution in [-0.2, 0) is 6.54 Å². The van der Waals surface area contributed by atoms with E-state index in [1.807, 2.05) is 25.2 Å². The van der Waals surface area contributed by atoms with Gasteiger partial charge in [-0.25, -0.2) is 0 Å². The topological polar surface area (TPSA) is 48.9 Å². The number of halogens is 1. The number of benzene rings is 1. The Balaban J connectivity index is 0.00000338. The normalized spacial score (nSPS) is 15.8. The lowest BCUT2D eigenvalue weighted by molar-refractivity contribution is 0.206. The lowest BCUT2D eigenvalue weighted by Gasteiger charge is -2.32. The van der Waals surface area contributed by atoms with Gasteiger partial charge in [-0.3, -0.25) is 4.99 Å². The van der Waals surface area contributed by atoms with Crippen LogP contribution < -0.4 is 15.4 Å². The number of likely N-dealkylation sites (tertiary alicyclic amines) is 1. The summed E-state index contributed by atoms with van der Waals surface area (Å²) in [5.74, 6) is 1.74. The highest BCUT2D eigenvalue weighted by Gasteiger charge is 2.19. The standard InChI is InChI=1S/C20H32N4O.HI/c1-4-12-24-13-10-18(11-14-24)23-20(21-3)22-16-17-8-6-7-9-19(17)25-15-5-2;/h5-9,18H,2,4,10-16H2,1,3H3,(H2,21,22,23);1H. The predicted molar refractivity (Wildman–Crippen MR) is 121 cm³/mol. The van der Waals surface area contributed by atoms with Crippen LogP contribution in [0, 0.1) is 0 Å². The molecule has 2 rings (SSSR count). The summed E-state index contributed by atoms with van der Waals surface area (Å²) >= 11 is 0. The largest absolute Gasteiger partial charge is 0.489 e. The summed E-state index contributed by atoms with van der Waals surface area (Å²) in [5, 5.41) is 6.96. The maximum Gasteiger partial charge on any atom is 0.191 e. The van der Waals surface area contributed by atoms with Gasteiger partial charge in [-0.2, -0.15) is 0 Å². The first-order valence-corrected chi connectivity index (χ1v) is 9.28. The molecule has 0 aromatic heterocycles. The molecule has 1 aromatic rings. The van der Waals surface area contributed by atoms with Crippen molar-refractivity contribution in [1.29, 1.82) is 0 Å². The fraction of sp³-hybridized carbons (Fsp3) is 0.550. The van der Waals surface area contributed by atoms with E-state index in [0.717, 1.165) is 17.3 Å². The lowest BCUT2D eigenvalue weighted by atomic mass is 10.1. The van der Waals surface area contributed by atoms with Gasteiger partial charge in [0.05, 0.1) is 0 Å². The molecule has 0 saturated carbocycles. The second-order valence-corrected chi connectivity index (χ2v) is 6.39. The Hall–Kier alpha value is -1.28. The zero-order valence-electron chi connectivity index (χ0n) is 16.0. The van der Waals surface area contributed by atoms with Gasteiger partial charge in [0.1, 0.15) is 12.4 Å². The molecule has 5 nitrogen and oxygen atoms in total. The number of nitrogens with one attached hydrogen (secondary N) is 2. The summed E-state index contributed by atoms with van der Waals surface area (Å²) in [6.07, 6.45) is 5.32. The van der Waals surface area contributed by atoms with Crippen LogP contribution in [0.15, 0.2) is 41.9 Å². The van der Waals surface area contributed by atoms with Gasteiger partial charge in [-0.15, -0.1) is 24.0 Å². The highest BCUT2D eigenvalue weighted by atomic mass is 127. The van der Waals surface area contributed by atoms with E-state index in [0.29, 0.717) is 19.2 Å². The molecular weight excluding hydrogens is 439 g/mol. The summed E-state index contributed by atoms with van der Waals surface area (Å²) in [4.78, 5) is 6.91. The van der Waals surface area contributed by atoms with Crippen molar-refractivity contribution in [2.24, 2.45) is 4.99 Å². The van der Waals surface area contributed by atoms with Gasteiger partial charge in [-0.1, -0.05) is 37.8 Å². The average Bonchev–Trinajstić information content (AvgIpc) is 2.65. The number of para-hydroxylation sites is 1. The minimum atomic E-state index is 0. The molecule has 0 amide bonds. The first kappa shape index (κ1) is 22.8. The molecule has 0 radical (unpaired) electrons. The minimum Gasteiger partial charge on any atom is -0.489 e. The highest BCUT2D eigenvalue weighted by Crippen LogP contribution is 2.17. The Morgan fingerprint density at radius 1 is 1.35 bits per heavy atom. The summed E-state index contributed by atoms with van der Waals surface area (Å²) in [7, 11) is 1.82. The summed E-state index contributed by atoms with van der Waals surface area (Å²) in [6, 6.07) is 8.56. The molecule has 0 unspecified atom stereocenters. The van der Waals surface area contributed by atoms with Crippen molar-refractivity contribution in [3.8, 4) is 5.75 Å². The van der Waals surface area contributed by atoms with E-state index in [9.17, 15) is 0 Å². The number of hydrogen-bond donors (Lipinski definition) is 2. The van der Waals surface area contributed by atoms with Crippen molar-refractivity contribution < 1.29 is 4.74 Å². The molecular formula is C20H33IN4O. The van der Waals surface area contributed by atoms with Crippen LogP contribution in [0.1, 0.15) is 31.7 Å². The maximum atomic E-state index is 5.71. The van der Waals surface area contributed by atoms with Crippen molar-refractivity contribution in [3.63, 3.8) is 0 Å². The van der Waals surface area contributed by atoms with E-state index < -0.39 is 0 Å². The van der Waals surface area contributed by atoms with E-state index in [2.05, 4.69) is 40.1 Å². The molecule has 1 heterocycles. The molecule has 26 heavy (non-hydrogen) atoms. The van der Waals surface area contributed by atoms with Gasteiger partial charge in [0, 0.05) is 38.3 Å². The first-order chi connectivity index (χ1) is 12.3. The summed E-state index contributed by atoms with van der Waals surface area (Å²) in [6.45, 7) is 10.7. The predicted octanol–water partition coefficient (Wildman–Crippen LogP) is 3.41. The third kappa shape index (κ3) is 7.53. The molecule has 6 heteroatoms. The Kier molecular flexibility index (Phi) is 11.4. The number of piperidine rings is 1. The van der Waals surface area contributed by atoms with Crippen LogP contribution in [0.25, 0.3) is 0 Å². The van der Waals surface area contributed by atoms with Crippen molar-refractivity contribution in [3.05, 3.63) is 42.5 Å². The molecule has 1 aliphatic rings. The number of aliphatic imine (C=N–C) groups is 1. The monoisotopic (exact) mass is 472 g/mol. The van der Waals surface area contributed by atoms with Crippen molar-refractivity contribution in [1.82, 2.24) is 15.5 Å². The second-order valence-electron chi connectivity index (χ2n) is 6.39. The quantitative estimate of drug-likeness (QED) is 0.264. The Morgan fingerprint density at radius 2 is 2.08 bits per heavy atom. The third-order valence-corrected chi connectivity index (χ3v) is 4.47. The Labute approximate surface area is 175 Å². The van der Waals surface area contributed by atoms with Crippen LogP contribution in [0.5, 0.6) is 5.75 Å². The summed E-state index contributed by atoms with van der Waals surface area (Å²) < 4.78 is 5.71. The molecule has 2 N–H and O–H groups in total. The zero-order valence-corrected chi connectivity index (χ0v) is 18.4. The van der Waals surface area contributed by atoms with Gasteiger partial charge >= 0.3 is 0 Å². The molecule has 0 bridgehead atoms. The minimum absolute atomic E-state index is 0. The number of guanidine groups is 1.